The first-order valence-corrected chi connectivity index (χ1v) is 6.37. The van der Waals surface area contributed by atoms with E-state index in [-0.39, 0.29) is 6.29 Å². The van der Waals surface area contributed by atoms with Gasteiger partial charge in [0.25, 0.3) is 0 Å². The number of amides is 1. The zero-order valence-electron chi connectivity index (χ0n) is 9.82. The van der Waals surface area contributed by atoms with Gasteiger partial charge in [-0.05, 0) is 32.1 Å². The minimum absolute atomic E-state index is 0.00281. The predicted molar refractivity (Wildman–Crippen MR) is 60.0 cm³/mol. The molecule has 1 amide bonds. The Morgan fingerprint density at radius 3 is 3.00 bits per heavy atom. The summed E-state index contributed by atoms with van der Waals surface area (Å²) < 4.78 is 11.1. The molecule has 1 atom stereocenters. The average molecular weight is 227 g/mol. The fourth-order valence-electron chi connectivity index (χ4n) is 2.25. The smallest absolute Gasteiger partial charge is 0.222 e. The second-order valence-corrected chi connectivity index (χ2v) is 4.50. The molecule has 2 rings (SSSR count). The standard InChI is InChI=1S/C12H21NO3/c14-11-5-3-7-13(11)8-4-10-16-12-6-1-2-9-15-12/h12H,1-10H2. The molecule has 0 spiro atoms. The number of rotatable bonds is 5. The molecule has 4 nitrogen and oxygen atoms in total. The monoisotopic (exact) mass is 227 g/mol. The van der Waals surface area contributed by atoms with Crippen LogP contribution in [-0.2, 0) is 14.3 Å². The molecule has 0 aliphatic carbocycles. The van der Waals surface area contributed by atoms with Crippen LogP contribution in [0, 0.1) is 0 Å². The third-order valence-electron chi connectivity index (χ3n) is 3.19. The number of ether oxygens (including phenoxy) is 2. The fraction of sp³-hybridized carbons (Fsp3) is 0.917. The van der Waals surface area contributed by atoms with Gasteiger partial charge in [-0.25, -0.2) is 0 Å². The summed E-state index contributed by atoms with van der Waals surface area (Å²) in [5.74, 6) is 0.300. The van der Waals surface area contributed by atoms with Crippen LogP contribution in [0.15, 0.2) is 0 Å². The van der Waals surface area contributed by atoms with E-state index in [2.05, 4.69) is 0 Å². The number of hydrogen-bond acceptors (Lipinski definition) is 3. The van der Waals surface area contributed by atoms with Gasteiger partial charge in [-0.1, -0.05) is 0 Å². The Bertz CT molecular complexity index is 226. The third kappa shape index (κ3) is 3.46. The minimum Gasteiger partial charge on any atom is -0.353 e. The molecule has 2 saturated heterocycles. The summed E-state index contributed by atoms with van der Waals surface area (Å²) in [7, 11) is 0. The maximum atomic E-state index is 11.3. The van der Waals surface area contributed by atoms with Gasteiger partial charge in [0, 0.05) is 26.1 Å². The van der Waals surface area contributed by atoms with Crippen LogP contribution in [0.3, 0.4) is 0 Å². The quantitative estimate of drug-likeness (QED) is 0.669. The van der Waals surface area contributed by atoms with Gasteiger partial charge in [-0.15, -0.1) is 0 Å². The lowest BCUT2D eigenvalue weighted by Crippen LogP contribution is -2.28. The summed E-state index contributed by atoms with van der Waals surface area (Å²) in [6.07, 6.45) is 6.05. The predicted octanol–water partition coefficient (Wildman–Crippen LogP) is 1.54. The van der Waals surface area contributed by atoms with Crippen molar-refractivity contribution in [2.45, 2.75) is 44.8 Å². The van der Waals surface area contributed by atoms with E-state index in [1.165, 1.54) is 6.42 Å². The Morgan fingerprint density at radius 1 is 1.38 bits per heavy atom. The molecule has 4 heteroatoms. The van der Waals surface area contributed by atoms with Crippen molar-refractivity contribution in [3.63, 3.8) is 0 Å². The molecule has 0 aromatic carbocycles. The first kappa shape index (κ1) is 11.9. The fourth-order valence-corrected chi connectivity index (χ4v) is 2.25. The van der Waals surface area contributed by atoms with Gasteiger partial charge in [0.2, 0.25) is 5.91 Å². The van der Waals surface area contributed by atoms with E-state index >= 15 is 0 Å². The molecule has 16 heavy (non-hydrogen) atoms. The topological polar surface area (TPSA) is 38.8 Å². The SMILES string of the molecule is O=C1CCCN1CCCOC1CCCCO1. The summed E-state index contributed by atoms with van der Waals surface area (Å²) >= 11 is 0. The molecule has 2 fully saturated rings. The number of carbonyl (C=O) groups is 1. The van der Waals surface area contributed by atoms with E-state index < -0.39 is 0 Å². The van der Waals surface area contributed by atoms with Crippen molar-refractivity contribution >= 4 is 5.91 Å². The van der Waals surface area contributed by atoms with Crippen LogP contribution in [-0.4, -0.2) is 43.4 Å². The van der Waals surface area contributed by atoms with Gasteiger partial charge in [0.1, 0.15) is 0 Å². The van der Waals surface area contributed by atoms with Gasteiger partial charge in [0.05, 0.1) is 6.61 Å². The van der Waals surface area contributed by atoms with Crippen molar-refractivity contribution in [3.8, 4) is 0 Å². The van der Waals surface area contributed by atoms with Crippen molar-refractivity contribution in [1.82, 2.24) is 4.90 Å². The summed E-state index contributed by atoms with van der Waals surface area (Å²) in [6.45, 7) is 3.30. The Balaban J connectivity index is 1.52. The molecule has 92 valence electrons. The largest absolute Gasteiger partial charge is 0.353 e. The molecule has 1 unspecified atom stereocenters. The highest BCUT2D eigenvalue weighted by molar-refractivity contribution is 5.77. The molecule has 0 aromatic rings. The highest BCUT2D eigenvalue weighted by Gasteiger charge is 2.19. The second-order valence-electron chi connectivity index (χ2n) is 4.50. The molecule has 0 aromatic heterocycles. The van der Waals surface area contributed by atoms with Crippen molar-refractivity contribution < 1.29 is 14.3 Å². The summed E-state index contributed by atoms with van der Waals surface area (Å²) in [6, 6.07) is 0. The first-order valence-electron chi connectivity index (χ1n) is 6.37. The zero-order valence-corrected chi connectivity index (χ0v) is 9.82. The maximum Gasteiger partial charge on any atom is 0.222 e. The van der Waals surface area contributed by atoms with Crippen LogP contribution in [0.4, 0.5) is 0 Å². The van der Waals surface area contributed by atoms with Crippen molar-refractivity contribution in [3.05, 3.63) is 0 Å². The average Bonchev–Trinajstić information content (AvgIpc) is 2.72. The second kappa shape index (κ2) is 6.21. The lowest BCUT2D eigenvalue weighted by Gasteiger charge is -2.23. The summed E-state index contributed by atoms with van der Waals surface area (Å²) in [4.78, 5) is 13.3. The number of likely N-dealkylation sites (tertiary alicyclic amines) is 1. The summed E-state index contributed by atoms with van der Waals surface area (Å²) in [5.41, 5.74) is 0. The molecule has 0 N–H and O–H groups in total. The molecule has 0 bridgehead atoms. The first-order chi connectivity index (χ1) is 7.86. The van der Waals surface area contributed by atoms with Crippen LogP contribution in [0.25, 0.3) is 0 Å². The highest BCUT2D eigenvalue weighted by Crippen LogP contribution is 2.14. The zero-order chi connectivity index (χ0) is 11.2. The van der Waals surface area contributed by atoms with Crippen molar-refractivity contribution in [2.24, 2.45) is 0 Å². The Morgan fingerprint density at radius 2 is 2.31 bits per heavy atom. The molecule has 0 radical (unpaired) electrons. The van der Waals surface area contributed by atoms with Gasteiger partial charge < -0.3 is 14.4 Å². The van der Waals surface area contributed by atoms with E-state index in [4.69, 9.17) is 9.47 Å². The summed E-state index contributed by atoms with van der Waals surface area (Å²) in [5, 5.41) is 0. The van der Waals surface area contributed by atoms with Crippen molar-refractivity contribution in [1.29, 1.82) is 0 Å². The molecular weight excluding hydrogens is 206 g/mol. The minimum atomic E-state index is 0.00281. The van der Waals surface area contributed by atoms with Crippen molar-refractivity contribution in [2.75, 3.05) is 26.3 Å². The normalized spacial score (nSPS) is 26.4. The van der Waals surface area contributed by atoms with Crippen LogP contribution in [0.1, 0.15) is 38.5 Å². The van der Waals surface area contributed by atoms with E-state index in [0.29, 0.717) is 12.5 Å². The lowest BCUT2D eigenvalue weighted by atomic mass is 10.2. The Hall–Kier alpha value is -0.610. The lowest BCUT2D eigenvalue weighted by molar-refractivity contribution is -0.163. The van der Waals surface area contributed by atoms with Crippen LogP contribution in [0.2, 0.25) is 0 Å². The third-order valence-corrected chi connectivity index (χ3v) is 3.19. The van der Waals surface area contributed by atoms with E-state index in [9.17, 15) is 4.79 Å². The van der Waals surface area contributed by atoms with E-state index in [1.807, 2.05) is 4.90 Å². The van der Waals surface area contributed by atoms with Crippen LogP contribution in [0.5, 0.6) is 0 Å². The van der Waals surface area contributed by atoms with Gasteiger partial charge in [-0.2, -0.15) is 0 Å². The molecular formula is C12H21NO3. The molecule has 2 aliphatic rings. The van der Waals surface area contributed by atoms with Gasteiger partial charge in [-0.3, -0.25) is 4.79 Å². The van der Waals surface area contributed by atoms with Gasteiger partial charge in [0.15, 0.2) is 6.29 Å². The maximum absolute atomic E-state index is 11.3. The Kier molecular flexibility index (Phi) is 4.60. The molecule has 2 heterocycles. The highest BCUT2D eigenvalue weighted by atomic mass is 16.7. The number of nitrogens with zero attached hydrogens (tertiary/aromatic N) is 1. The van der Waals surface area contributed by atoms with Gasteiger partial charge >= 0.3 is 0 Å². The van der Waals surface area contributed by atoms with E-state index in [1.54, 1.807) is 0 Å². The number of hydrogen-bond donors (Lipinski definition) is 0. The Labute approximate surface area is 96.9 Å². The molecule has 0 saturated carbocycles. The van der Waals surface area contributed by atoms with Crippen LogP contribution < -0.4 is 0 Å². The van der Waals surface area contributed by atoms with Crippen LogP contribution >= 0.6 is 0 Å². The number of carbonyl (C=O) groups excluding carboxylic acids is 1. The molecule has 2 aliphatic heterocycles. The van der Waals surface area contributed by atoms with E-state index in [0.717, 1.165) is 51.8 Å².